The molecule has 1 atom stereocenters. The first kappa shape index (κ1) is 12.6. The molecule has 0 saturated carbocycles. The molecule has 2 rings (SSSR count). The third-order valence-corrected chi connectivity index (χ3v) is 6.30. The van der Waals surface area contributed by atoms with Crippen molar-refractivity contribution in [2.24, 2.45) is 0 Å². The van der Waals surface area contributed by atoms with Gasteiger partial charge in [-0.05, 0) is 29.5 Å². The van der Waals surface area contributed by atoms with Gasteiger partial charge in [0.05, 0.1) is 8.07 Å². The number of rotatable bonds is 2. The van der Waals surface area contributed by atoms with Crippen molar-refractivity contribution < 1.29 is 0 Å². The van der Waals surface area contributed by atoms with Gasteiger partial charge >= 0.3 is 0 Å². The molecular formula is C16H24Si. The normalized spacial score (nSPS) is 19.5. The van der Waals surface area contributed by atoms with Crippen LogP contribution in [0.1, 0.15) is 48.9 Å². The number of benzene rings is 1. The van der Waals surface area contributed by atoms with Gasteiger partial charge in [-0.2, -0.15) is 0 Å². The Kier molecular flexibility index (Phi) is 3.07. The van der Waals surface area contributed by atoms with Crippen LogP contribution in [0, 0.1) is 0 Å². The Morgan fingerprint density at radius 2 is 1.76 bits per heavy atom. The molecule has 17 heavy (non-hydrogen) atoms. The molecule has 0 radical (unpaired) electrons. The summed E-state index contributed by atoms with van der Waals surface area (Å²) < 4.78 is 0. The molecule has 0 fully saturated rings. The molecule has 0 saturated heterocycles. The highest BCUT2D eigenvalue weighted by Crippen LogP contribution is 2.44. The van der Waals surface area contributed by atoms with Gasteiger partial charge in [0.1, 0.15) is 0 Å². The molecular weight excluding hydrogens is 220 g/mol. The largest absolute Gasteiger partial charge is 0.0688 e. The maximum Gasteiger partial charge on any atom is 0.0569 e. The van der Waals surface area contributed by atoms with Crippen molar-refractivity contribution in [3.05, 3.63) is 40.5 Å². The zero-order valence-electron chi connectivity index (χ0n) is 12.0. The SMILES string of the molecule is CC1=Cc2c(C(C)C)cccc2C1[Si](C)(C)C. The van der Waals surface area contributed by atoms with E-state index in [0.717, 1.165) is 5.54 Å². The zero-order valence-corrected chi connectivity index (χ0v) is 13.0. The van der Waals surface area contributed by atoms with Crippen LogP contribution in [0.3, 0.4) is 0 Å². The second-order valence-corrected chi connectivity index (χ2v) is 12.0. The van der Waals surface area contributed by atoms with E-state index in [1.54, 1.807) is 11.1 Å². The second-order valence-electron chi connectivity index (χ2n) is 6.69. The van der Waals surface area contributed by atoms with Crippen LogP contribution in [-0.4, -0.2) is 8.07 Å². The average molecular weight is 244 g/mol. The number of hydrogen-bond acceptors (Lipinski definition) is 0. The van der Waals surface area contributed by atoms with Crippen molar-refractivity contribution in [1.82, 2.24) is 0 Å². The van der Waals surface area contributed by atoms with E-state index >= 15 is 0 Å². The molecule has 0 spiro atoms. The lowest BCUT2D eigenvalue weighted by Gasteiger charge is -2.28. The van der Waals surface area contributed by atoms with Crippen LogP contribution >= 0.6 is 0 Å². The molecule has 0 amide bonds. The molecule has 92 valence electrons. The lowest BCUT2D eigenvalue weighted by molar-refractivity contribution is 0.861. The maximum absolute atomic E-state index is 2.48. The van der Waals surface area contributed by atoms with Gasteiger partial charge in [-0.3, -0.25) is 0 Å². The van der Waals surface area contributed by atoms with Crippen molar-refractivity contribution in [3.63, 3.8) is 0 Å². The van der Waals surface area contributed by atoms with Crippen molar-refractivity contribution >= 4 is 14.1 Å². The Morgan fingerprint density at radius 3 is 2.29 bits per heavy atom. The Hall–Kier alpha value is -0.823. The Balaban J connectivity index is 2.59. The molecule has 0 aromatic heterocycles. The first-order valence-electron chi connectivity index (χ1n) is 6.63. The van der Waals surface area contributed by atoms with Crippen LogP contribution in [0.4, 0.5) is 0 Å². The summed E-state index contributed by atoms with van der Waals surface area (Å²) in [5.74, 6) is 0.620. The first-order chi connectivity index (χ1) is 7.82. The van der Waals surface area contributed by atoms with E-state index in [2.05, 4.69) is 64.7 Å². The standard InChI is InChI=1S/C16H24Si/c1-11(2)13-8-7-9-14-15(13)10-12(3)16(14)17(4,5)6/h7-11,16H,1-6H3. The summed E-state index contributed by atoms with van der Waals surface area (Å²) in [6, 6.07) is 6.88. The van der Waals surface area contributed by atoms with E-state index in [-0.39, 0.29) is 0 Å². The van der Waals surface area contributed by atoms with Crippen molar-refractivity contribution in [1.29, 1.82) is 0 Å². The fourth-order valence-electron chi connectivity index (χ4n) is 3.23. The van der Waals surface area contributed by atoms with E-state index in [0.29, 0.717) is 5.92 Å². The minimum Gasteiger partial charge on any atom is -0.0688 e. The van der Waals surface area contributed by atoms with E-state index in [1.165, 1.54) is 11.1 Å². The number of hydrogen-bond donors (Lipinski definition) is 0. The molecule has 1 aromatic rings. The monoisotopic (exact) mass is 244 g/mol. The van der Waals surface area contributed by atoms with E-state index in [4.69, 9.17) is 0 Å². The topological polar surface area (TPSA) is 0 Å². The zero-order chi connectivity index (χ0) is 12.8. The molecule has 0 heterocycles. The highest BCUT2D eigenvalue weighted by molar-refractivity contribution is 6.78. The predicted octanol–water partition coefficient (Wildman–Crippen LogP) is 5.19. The van der Waals surface area contributed by atoms with Crippen LogP contribution < -0.4 is 0 Å². The van der Waals surface area contributed by atoms with Gasteiger partial charge in [-0.25, -0.2) is 0 Å². The average Bonchev–Trinajstić information content (AvgIpc) is 2.51. The summed E-state index contributed by atoms with van der Waals surface area (Å²) in [7, 11) is -1.16. The first-order valence-corrected chi connectivity index (χ1v) is 10.2. The Labute approximate surface area is 107 Å². The lowest BCUT2D eigenvalue weighted by Crippen LogP contribution is -2.30. The van der Waals surface area contributed by atoms with Crippen molar-refractivity contribution in [2.45, 2.75) is 51.9 Å². The highest BCUT2D eigenvalue weighted by atomic mass is 28.3. The lowest BCUT2D eigenvalue weighted by atomic mass is 9.95. The third kappa shape index (κ3) is 2.13. The second kappa shape index (κ2) is 4.13. The smallest absolute Gasteiger partial charge is 0.0569 e. The minimum atomic E-state index is -1.16. The van der Waals surface area contributed by atoms with Gasteiger partial charge in [0.15, 0.2) is 0 Å². The van der Waals surface area contributed by atoms with Gasteiger partial charge in [0, 0.05) is 5.54 Å². The van der Waals surface area contributed by atoms with Gasteiger partial charge in [-0.1, -0.05) is 63.3 Å². The number of fused-ring (bicyclic) bond motifs is 1. The van der Waals surface area contributed by atoms with Gasteiger partial charge in [-0.15, -0.1) is 0 Å². The number of allylic oxidation sites excluding steroid dienone is 1. The van der Waals surface area contributed by atoms with E-state index in [9.17, 15) is 0 Å². The summed E-state index contributed by atoms with van der Waals surface area (Å²) in [5, 5.41) is 0. The van der Waals surface area contributed by atoms with E-state index < -0.39 is 8.07 Å². The minimum absolute atomic E-state index is 0.620. The molecule has 1 heteroatoms. The molecule has 0 N–H and O–H groups in total. The quantitative estimate of drug-likeness (QED) is 0.628. The maximum atomic E-state index is 2.48. The highest BCUT2D eigenvalue weighted by Gasteiger charge is 2.34. The summed E-state index contributed by atoms with van der Waals surface area (Å²) in [4.78, 5) is 0. The fraction of sp³-hybridized carbons (Fsp3) is 0.500. The van der Waals surface area contributed by atoms with Crippen molar-refractivity contribution in [2.75, 3.05) is 0 Å². The predicted molar refractivity (Wildman–Crippen MR) is 80.3 cm³/mol. The summed E-state index contributed by atoms with van der Waals surface area (Å²) in [6.07, 6.45) is 2.44. The summed E-state index contributed by atoms with van der Waals surface area (Å²) >= 11 is 0. The van der Waals surface area contributed by atoms with Crippen LogP contribution in [0.15, 0.2) is 23.8 Å². The molecule has 0 aliphatic heterocycles. The molecule has 1 unspecified atom stereocenters. The fourth-order valence-corrected chi connectivity index (χ4v) is 5.86. The van der Waals surface area contributed by atoms with E-state index in [1.807, 2.05) is 0 Å². The molecule has 0 bridgehead atoms. The van der Waals surface area contributed by atoms with Crippen molar-refractivity contribution in [3.8, 4) is 0 Å². The summed E-state index contributed by atoms with van der Waals surface area (Å²) in [5.41, 5.74) is 6.92. The van der Waals surface area contributed by atoms with Crippen LogP contribution in [0.2, 0.25) is 19.6 Å². The van der Waals surface area contributed by atoms with Gasteiger partial charge in [0.2, 0.25) is 0 Å². The third-order valence-electron chi connectivity index (χ3n) is 3.80. The van der Waals surface area contributed by atoms with Crippen LogP contribution in [0.25, 0.3) is 6.08 Å². The van der Waals surface area contributed by atoms with Crippen LogP contribution in [-0.2, 0) is 0 Å². The molecule has 1 aliphatic carbocycles. The molecule has 1 aromatic carbocycles. The van der Waals surface area contributed by atoms with Gasteiger partial charge < -0.3 is 0 Å². The molecule has 1 aliphatic rings. The summed E-state index contributed by atoms with van der Waals surface area (Å²) in [6.45, 7) is 14.3. The molecule has 0 nitrogen and oxygen atoms in total. The van der Waals surface area contributed by atoms with Crippen LogP contribution in [0.5, 0.6) is 0 Å². The Bertz CT molecular complexity index is 461. The van der Waals surface area contributed by atoms with Gasteiger partial charge in [0.25, 0.3) is 0 Å². The Morgan fingerprint density at radius 1 is 1.12 bits per heavy atom.